The lowest BCUT2D eigenvalue weighted by atomic mass is 9.72. The normalized spacial score (nSPS) is 17.0. The highest BCUT2D eigenvalue weighted by molar-refractivity contribution is 6.26. The van der Waals surface area contributed by atoms with Crippen LogP contribution in [0.5, 0.6) is 0 Å². The summed E-state index contributed by atoms with van der Waals surface area (Å²) in [5, 5.41) is 11.2. The zero-order valence-corrected chi connectivity index (χ0v) is 21.2. The second-order valence-electron chi connectivity index (χ2n) is 9.37. The number of carbonyl (C=O) groups is 1. The Hall–Kier alpha value is -5.15. The molecule has 0 aliphatic carbocycles. The zero-order valence-electron chi connectivity index (χ0n) is 21.2. The minimum Gasteiger partial charge on any atom is -0.478 e. The summed E-state index contributed by atoms with van der Waals surface area (Å²) in [4.78, 5) is 13.7. The van der Waals surface area contributed by atoms with Crippen LogP contribution in [0.1, 0.15) is 27.8 Å². The molecule has 6 rings (SSSR count). The first-order valence-electron chi connectivity index (χ1n) is 12.9. The number of allylic oxidation sites excluding steroid dienone is 2. The highest BCUT2D eigenvalue weighted by Crippen LogP contribution is 2.56. The molecular formula is C36H26O3. The minimum atomic E-state index is -1.81. The van der Waals surface area contributed by atoms with E-state index in [9.17, 15) is 9.90 Å². The highest BCUT2D eigenvalue weighted by Gasteiger charge is 2.52. The van der Waals surface area contributed by atoms with Gasteiger partial charge >= 0.3 is 5.97 Å². The van der Waals surface area contributed by atoms with Crippen molar-refractivity contribution in [2.75, 3.05) is 0 Å². The van der Waals surface area contributed by atoms with E-state index < -0.39 is 11.6 Å². The maximum atomic E-state index is 13.7. The number of aliphatic carboxylic acids is 1. The average molecular weight is 507 g/mol. The van der Waals surface area contributed by atoms with Crippen molar-refractivity contribution in [3.8, 4) is 0 Å². The Morgan fingerprint density at radius 1 is 0.487 bits per heavy atom. The fraction of sp³-hybridized carbons (Fsp3) is 0.0278. The minimum absolute atomic E-state index is 0.520. The molecule has 1 N–H and O–H groups in total. The van der Waals surface area contributed by atoms with Crippen LogP contribution in [-0.2, 0) is 15.1 Å². The molecule has 5 aromatic carbocycles. The van der Waals surface area contributed by atoms with E-state index >= 15 is 0 Å². The summed E-state index contributed by atoms with van der Waals surface area (Å²) in [6.07, 6.45) is 0. The second kappa shape index (κ2) is 10.3. The Morgan fingerprint density at radius 2 is 0.872 bits per heavy atom. The van der Waals surface area contributed by atoms with Crippen LogP contribution in [0.4, 0.5) is 0 Å². The van der Waals surface area contributed by atoms with Gasteiger partial charge in [0.2, 0.25) is 0 Å². The average Bonchev–Trinajstić information content (AvgIpc) is 3.02. The van der Waals surface area contributed by atoms with E-state index in [-0.39, 0.29) is 0 Å². The van der Waals surface area contributed by atoms with Gasteiger partial charge in [-0.1, -0.05) is 152 Å². The Balaban J connectivity index is 1.85. The van der Waals surface area contributed by atoms with Gasteiger partial charge in [-0.3, -0.25) is 0 Å². The van der Waals surface area contributed by atoms with Crippen molar-refractivity contribution in [2.45, 2.75) is 5.60 Å². The fourth-order valence-electron chi connectivity index (χ4n) is 5.34. The molecule has 188 valence electrons. The van der Waals surface area contributed by atoms with Gasteiger partial charge in [-0.2, -0.15) is 0 Å². The molecule has 1 aliphatic heterocycles. The summed E-state index contributed by atoms with van der Waals surface area (Å²) in [5.74, 6) is -0.562. The van der Waals surface area contributed by atoms with Gasteiger partial charge in [-0.25, -0.2) is 4.79 Å². The molecule has 0 spiro atoms. The van der Waals surface area contributed by atoms with E-state index in [1.807, 2.05) is 152 Å². The molecule has 1 aliphatic rings. The SMILES string of the molecule is O=C(O)C1(c2ccccc2)OC(c2ccccc2)=C(c2ccccc2)C(c2ccccc2)=C1c1ccccc1. The maximum Gasteiger partial charge on any atom is 0.357 e. The van der Waals surface area contributed by atoms with Gasteiger partial charge in [0.1, 0.15) is 5.76 Å². The highest BCUT2D eigenvalue weighted by atomic mass is 16.5. The first-order chi connectivity index (χ1) is 19.2. The molecular weight excluding hydrogens is 480 g/mol. The van der Waals surface area contributed by atoms with Crippen LogP contribution in [-0.4, -0.2) is 11.1 Å². The lowest BCUT2D eigenvalue weighted by Gasteiger charge is -2.41. The van der Waals surface area contributed by atoms with E-state index in [2.05, 4.69) is 0 Å². The summed E-state index contributed by atoms with van der Waals surface area (Å²) in [6, 6.07) is 48.8. The molecule has 0 bridgehead atoms. The van der Waals surface area contributed by atoms with Crippen LogP contribution in [0, 0.1) is 0 Å². The topological polar surface area (TPSA) is 46.5 Å². The summed E-state index contributed by atoms with van der Waals surface area (Å²) in [5.41, 5.74) is 4.43. The monoisotopic (exact) mass is 506 g/mol. The predicted molar refractivity (Wildman–Crippen MR) is 156 cm³/mol. The first-order valence-corrected chi connectivity index (χ1v) is 12.9. The van der Waals surface area contributed by atoms with E-state index in [1.165, 1.54) is 0 Å². The smallest absolute Gasteiger partial charge is 0.357 e. The van der Waals surface area contributed by atoms with Crippen molar-refractivity contribution in [1.29, 1.82) is 0 Å². The lowest BCUT2D eigenvalue weighted by molar-refractivity contribution is -0.152. The third-order valence-corrected chi connectivity index (χ3v) is 7.04. The van der Waals surface area contributed by atoms with Crippen LogP contribution in [0.25, 0.3) is 22.5 Å². The molecule has 3 heteroatoms. The van der Waals surface area contributed by atoms with Crippen LogP contribution in [0.15, 0.2) is 152 Å². The molecule has 0 fully saturated rings. The molecule has 3 nitrogen and oxygen atoms in total. The summed E-state index contributed by atoms with van der Waals surface area (Å²) >= 11 is 0. The third-order valence-electron chi connectivity index (χ3n) is 7.04. The van der Waals surface area contributed by atoms with Crippen molar-refractivity contribution < 1.29 is 14.6 Å². The number of carboxylic acid groups (broad SMARTS) is 1. The van der Waals surface area contributed by atoms with E-state index in [0.29, 0.717) is 16.9 Å². The molecule has 5 aromatic rings. The van der Waals surface area contributed by atoms with Crippen molar-refractivity contribution in [2.24, 2.45) is 0 Å². The first kappa shape index (κ1) is 24.2. The Morgan fingerprint density at radius 3 is 1.33 bits per heavy atom. The molecule has 1 heterocycles. The molecule has 1 atom stereocenters. The molecule has 0 saturated carbocycles. The standard InChI is InChI=1S/C36H26O3/c37-35(38)36(30-24-14-5-15-25-30)33(28-20-10-3-11-21-28)31(26-16-6-1-7-17-26)32(27-18-8-2-9-19-27)34(39-36)29-22-12-4-13-23-29/h1-25H,(H,37,38). The second-order valence-corrected chi connectivity index (χ2v) is 9.37. The number of hydrogen-bond acceptors (Lipinski definition) is 2. The Kier molecular flexibility index (Phi) is 6.40. The third kappa shape index (κ3) is 4.24. The Labute approximate surface area is 228 Å². The number of benzene rings is 5. The van der Waals surface area contributed by atoms with Gasteiger partial charge in [-0.15, -0.1) is 0 Å². The van der Waals surface area contributed by atoms with Crippen molar-refractivity contribution >= 4 is 28.4 Å². The zero-order chi connectivity index (χ0) is 26.7. The van der Waals surface area contributed by atoms with E-state index in [4.69, 9.17) is 4.74 Å². The quantitative estimate of drug-likeness (QED) is 0.253. The van der Waals surface area contributed by atoms with Crippen molar-refractivity contribution in [1.82, 2.24) is 0 Å². The van der Waals surface area contributed by atoms with Gasteiger partial charge in [0, 0.05) is 27.8 Å². The molecule has 0 saturated heterocycles. The number of carboxylic acids is 1. The van der Waals surface area contributed by atoms with Gasteiger partial charge in [0.25, 0.3) is 5.60 Å². The predicted octanol–water partition coefficient (Wildman–Crippen LogP) is 8.18. The molecule has 0 radical (unpaired) electrons. The summed E-state index contributed by atoms with van der Waals surface area (Å²) in [6.45, 7) is 0. The number of ether oxygens (including phenoxy) is 1. The summed E-state index contributed by atoms with van der Waals surface area (Å²) < 4.78 is 6.92. The van der Waals surface area contributed by atoms with E-state index in [1.54, 1.807) is 0 Å². The summed E-state index contributed by atoms with van der Waals surface area (Å²) in [7, 11) is 0. The van der Waals surface area contributed by atoms with Gasteiger partial charge in [-0.05, 0) is 16.7 Å². The molecule has 39 heavy (non-hydrogen) atoms. The van der Waals surface area contributed by atoms with Crippen molar-refractivity contribution in [3.05, 3.63) is 179 Å². The molecule has 1 unspecified atom stereocenters. The van der Waals surface area contributed by atoms with Crippen LogP contribution >= 0.6 is 0 Å². The van der Waals surface area contributed by atoms with Crippen LogP contribution in [0.3, 0.4) is 0 Å². The fourth-order valence-corrected chi connectivity index (χ4v) is 5.34. The maximum absolute atomic E-state index is 13.7. The number of hydrogen-bond donors (Lipinski definition) is 1. The van der Waals surface area contributed by atoms with Crippen LogP contribution < -0.4 is 0 Å². The van der Waals surface area contributed by atoms with E-state index in [0.717, 1.165) is 33.4 Å². The number of rotatable bonds is 6. The molecule has 0 amide bonds. The largest absolute Gasteiger partial charge is 0.478 e. The lowest BCUT2D eigenvalue weighted by Crippen LogP contribution is -2.42. The van der Waals surface area contributed by atoms with Gasteiger partial charge < -0.3 is 9.84 Å². The van der Waals surface area contributed by atoms with Gasteiger partial charge in [0.05, 0.1) is 0 Å². The van der Waals surface area contributed by atoms with Gasteiger partial charge in [0.15, 0.2) is 0 Å². The van der Waals surface area contributed by atoms with Crippen molar-refractivity contribution in [3.63, 3.8) is 0 Å². The van der Waals surface area contributed by atoms with Crippen LogP contribution in [0.2, 0.25) is 0 Å². The Bertz CT molecular complexity index is 1660. The molecule has 0 aromatic heterocycles.